The minimum Gasteiger partial charge on any atom is -0.304 e. The van der Waals surface area contributed by atoms with Gasteiger partial charge >= 0.3 is 0 Å². The van der Waals surface area contributed by atoms with Crippen molar-refractivity contribution in [2.24, 2.45) is 5.41 Å². The maximum Gasteiger partial charge on any atom is 0.0420 e. The summed E-state index contributed by atoms with van der Waals surface area (Å²) in [5.41, 5.74) is 0.531. The van der Waals surface area contributed by atoms with Gasteiger partial charge in [0.05, 0.1) is 0 Å². The van der Waals surface area contributed by atoms with Crippen LogP contribution in [0.15, 0.2) is 0 Å². The Morgan fingerprint density at radius 1 is 1.45 bits per heavy atom. The summed E-state index contributed by atoms with van der Waals surface area (Å²) in [4.78, 5) is 0. The maximum absolute atomic E-state index is 3.56. The molecule has 0 aromatic rings. The molecule has 1 N–H and O–H groups in total. The molecule has 0 bridgehead atoms. The second-order valence-corrected chi connectivity index (χ2v) is 4.66. The second-order valence-electron chi connectivity index (χ2n) is 3.63. The zero-order valence-corrected chi connectivity index (χ0v) is 8.63. The molecule has 2 heteroatoms. The van der Waals surface area contributed by atoms with Crippen LogP contribution in [0.3, 0.4) is 0 Å². The molecule has 1 fully saturated rings. The summed E-state index contributed by atoms with van der Waals surface area (Å²) in [7, 11) is 0. The lowest BCUT2D eigenvalue weighted by Gasteiger charge is -2.33. The van der Waals surface area contributed by atoms with Gasteiger partial charge in [-0.15, -0.1) is 11.8 Å². The van der Waals surface area contributed by atoms with Crippen LogP contribution < -0.4 is 5.32 Å². The first-order chi connectivity index (χ1) is 5.23. The quantitative estimate of drug-likeness (QED) is 0.703. The van der Waals surface area contributed by atoms with E-state index in [-0.39, 0.29) is 0 Å². The zero-order chi connectivity index (χ0) is 8.32. The van der Waals surface area contributed by atoms with Crippen molar-refractivity contribution in [3.8, 4) is 0 Å². The van der Waals surface area contributed by atoms with E-state index in [1.165, 1.54) is 18.6 Å². The predicted molar refractivity (Wildman–Crippen MR) is 52.9 cm³/mol. The van der Waals surface area contributed by atoms with Gasteiger partial charge in [-0.25, -0.2) is 0 Å². The molecule has 1 nitrogen and oxygen atoms in total. The van der Waals surface area contributed by atoms with Crippen molar-refractivity contribution < 1.29 is 0 Å². The van der Waals surface area contributed by atoms with E-state index in [0.29, 0.717) is 5.41 Å². The molecule has 0 aromatic carbocycles. The van der Waals surface area contributed by atoms with Crippen LogP contribution in [-0.4, -0.2) is 17.7 Å². The van der Waals surface area contributed by atoms with Gasteiger partial charge in [-0.2, -0.15) is 0 Å². The Labute approximate surface area is 74.3 Å². The summed E-state index contributed by atoms with van der Waals surface area (Å²) in [5.74, 6) is 2.46. The van der Waals surface area contributed by atoms with Gasteiger partial charge in [0.2, 0.25) is 0 Å². The lowest BCUT2D eigenvalue weighted by molar-refractivity contribution is 0.226. The fourth-order valence-corrected chi connectivity index (χ4v) is 2.78. The summed E-state index contributed by atoms with van der Waals surface area (Å²) >= 11 is 2.03. The van der Waals surface area contributed by atoms with Crippen molar-refractivity contribution in [3.05, 3.63) is 0 Å². The first-order valence-electron chi connectivity index (χ1n) is 4.54. The average molecular weight is 173 g/mol. The van der Waals surface area contributed by atoms with Crippen molar-refractivity contribution in [2.45, 2.75) is 39.7 Å². The number of rotatable bonds is 3. The summed E-state index contributed by atoms with van der Waals surface area (Å²) in [5, 5.41) is 3.56. The van der Waals surface area contributed by atoms with Crippen LogP contribution in [-0.2, 0) is 0 Å². The molecule has 1 unspecified atom stereocenters. The standard InChI is InChI=1S/C9H19NS/c1-4-9(3,5-2)8-6-11-7-10-8/h8,10H,4-7H2,1-3H3. The molecular formula is C9H19NS. The lowest BCUT2D eigenvalue weighted by Crippen LogP contribution is -2.40. The van der Waals surface area contributed by atoms with Crippen LogP contribution in [0.5, 0.6) is 0 Å². The maximum atomic E-state index is 3.56. The largest absolute Gasteiger partial charge is 0.304 e. The predicted octanol–water partition coefficient (Wildman–Crippen LogP) is 2.48. The summed E-state index contributed by atoms with van der Waals surface area (Å²) in [6, 6.07) is 0.752. The van der Waals surface area contributed by atoms with Gasteiger partial charge in [0.1, 0.15) is 0 Å². The Bertz CT molecular complexity index is 115. The molecule has 1 heterocycles. The van der Waals surface area contributed by atoms with E-state index < -0.39 is 0 Å². The van der Waals surface area contributed by atoms with Crippen molar-refractivity contribution in [3.63, 3.8) is 0 Å². The van der Waals surface area contributed by atoms with Crippen LogP contribution in [0, 0.1) is 5.41 Å². The van der Waals surface area contributed by atoms with Crippen LogP contribution >= 0.6 is 11.8 Å². The third-order valence-electron chi connectivity index (χ3n) is 3.17. The van der Waals surface area contributed by atoms with E-state index in [4.69, 9.17) is 0 Å². The average Bonchev–Trinajstić information content (AvgIpc) is 2.55. The minimum absolute atomic E-state index is 0.531. The molecule has 0 saturated carbocycles. The molecule has 1 aliphatic rings. The molecule has 0 aliphatic carbocycles. The van der Waals surface area contributed by atoms with E-state index >= 15 is 0 Å². The van der Waals surface area contributed by atoms with E-state index in [2.05, 4.69) is 26.1 Å². The van der Waals surface area contributed by atoms with Crippen molar-refractivity contribution in [1.29, 1.82) is 0 Å². The van der Waals surface area contributed by atoms with Crippen LogP contribution in [0.1, 0.15) is 33.6 Å². The van der Waals surface area contributed by atoms with Gasteiger partial charge in [-0.3, -0.25) is 0 Å². The molecule has 0 aromatic heterocycles. The van der Waals surface area contributed by atoms with Crippen LogP contribution in [0.2, 0.25) is 0 Å². The SMILES string of the molecule is CCC(C)(CC)C1CSCN1. The number of nitrogens with one attached hydrogen (secondary N) is 1. The number of hydrogen-bond acceptors (Lipinski definition) is 2. The Hall–Kier alpha value is 0.310. The Morgan fingerprint density at radius 2 is 2.09 bits per heavy atom. The molecule has 11 heavy (non-hydrogen) atoms. The summed E-state index contributed by atoms with van der Waals surface area (Å²) in [6.07, 6.45) is 2.59. The number of thioether (sulfide) groups is 1. The molecule has 1 saturated heterocycles. The molecule has 0 radical (unpaired) electrons. The van der Waals surface area contributed by atoms with Crippen LogP contribution in [0.4, 0.5) is 0 Å². The topological polar surface area (TPSA) is 12.0 Å². The molecule has 0 amide bonds. The monoisotopic (exact) mass is 173 g/mol. The van der Waals surface area contributed by atoms with Gasteiger partial charge in [-0.05, 0) is 18.3 Å². The second kappa shape index (κ2) is 3.81. The fraction of sp³-hybridized carbons (Fsp3) is 1.00. The molecular weight excluding hydrogens is 154 g/mol. The highest BCUT2D eigenvalue weighted by Gasteiger charge is 2.32. The normalized spacial score (nSPS) is 25.9. The van der Waals surface area contributed by atoms with Crippen molar-refractivity contribution >= 4 is 11.8 Å². The molecule has 0 spiro atoms. The van der Waals surface area contributed by atoms with E-state index in [0.717, 1.165) is 11.9 Å². The Morgan fingerprint density at radius 3 is 2.45 bits per heavy atom. The first-order valence-corrected chi connectivity index (χ1v) is 5.69. The van der Waals surface area contributed by atoms with E-state index in [1.807, 2.05) is 11.8 Å². The van der Waals surface area contributed by atoms with Gasteiger partial charge in [0.15, 0.2) is 0 Å². The number of hydrogen-bond donors (Lipinski definition) is 1. The van der Waals surface area contributed by atoms with Crippen LogP contribution in [0.25, 0.3) is 0 Å². The minimum atomic E-state index is 0.531. The van der Waals surface area contributed by atoms with Crippen molar-refractivity contribution in [2.75, 3.05) is 11.6 Å². The van der Waals surface area contributed by atoms with E-state index in [9.17, 15) is 0 Å². The molecule has 1 atom stereocenters. The zero-order valence-electron chi connectivity index (χ0n) is 7.81. The van der Waals surface area contributed by atoms with Gasteiger partial charge in [0, 0.05) is 17.7 Å². The van der Waals surface area contributed by atoms with E-state index in [1.54, 1.807) is 0 Å². The third kappa shape index (κ3) is 1.91. The van der Waals surface area contributed by atoms with Crippen molar-refractivity contribution in [1.82, 2.24) is 5.32 Å². The molecule has 1 aliphatic heterocycles. The first kappa shape index (κ1) is 9.40. The Balaban J connectivity index is 2.52. The smallest absolute Gasteiger partial charge is 0.0420 e. The summed E-state index contributed by atoms with van der Waals surface area (Å²) < 4.78 is 0. The highest BCUT2D eigenvalue weighted by atomic mass is 32.2. The summed E-state index contributed by atoms with van der Waals surface area (Å²) in [6.45, 7) is 7.00. The lowest BCUT2D eigenvalue weighted by atomic mass is 9.78. The fourth-order valence-electron chi connectivity index (χ4n) is 1.59. The highest BCUT2D eigenvalue weighted by molar-refractivity contribution is 7.99. The van der Waals surface area contributed by atoms with Gasteiger partial charge in [-0.1, -0.05) is 20.8 Å². The van der Waals surface area contributed by atoms with Gasteiger partial charge < -0.3 is 5.32 Å². The van der Waals surface area contributed by atoms with Gasteiger partial charge in [0.25, 0.3) is 0 Å². The molecule has 1 rings (SSSR count). The highest BCUT2D eigenvalue weighted by Crippen LogP contribution is 2.33. The third-order valence-corrected chi connectivity index (χ3v) is 4.11. The molecule has 66 valence electrons. The Kier molecular flexibility index (Phi) is 3.26.